The molecular formula is C14H27N3O2. The van der Waals surface area contributed by atoms with Gasteiger partial charge >= 0.3 is 0 Å². The lowest BCUT2D eigenvalue weighted by atomic mass is 10.0. The van der Waals surface area contributed by atoms with Crippen molar-refractivity contribution in [1.82, 2.24) is 15.5 Å². The van der Waals surface area contributed by atoms with Gasteiger partial charge < -0.3 is 20.6 Å². The van der Waals surface area contributed by atoms with E-state index in [0.29, 0.717) is 0 Å². The minimum absolute atomic E-state index is 0.0267. The number of likely N-dealkylation sites (tertiary alicyclic amines) is 1. The normalized spacial score (nSPS) is 26.3. The smallest absolute Gasteiger partial charge is 0.237 e. The van der Waals surface area contributed by atoms with Crippen LogP contribution in [0.15, 0.2) is 0 Å². The van der Waals surface area contributed by atoms with Crippen LogP contribution in [0.5, 0.6) is 0 Å². The summed E-state index contributed by atoms with van der Waals surface area (Å²) in [5.74, 6) is 0.161. The van der Waals surface area contributed by atoms with Crippen molar-refractivity contribution in [2.45, 2.75) is 50.7 Å². The molecule has 2 fully saturated rings. The number of piperidine rings is 2. The van der Waals surface area contributed by atoms with Gasteiger partial charge in [0, 0.05) is 19.6 Å². The third-order valence-electron chi connectivity index (χ3n) is 4.13. The van der Waals surface area contributed by atoms with E-state index in [9.17, 15) is 9.90 Å². The third kappa shape index (κ3) is 5.09. The fraction of sp³-hybridized carbons (Fsp3) is 0.929. The van der Waals surface area contributed by atoms with Crippen molar-refractivity contribution in [3.63, 3.8) is 0 Å². The molecule has 0 bridgehead atoms. The van der Waals surface area contributed by atoms with Crippen LogP contribution >= 0.6 is 0 Å². The molecule has 5 heteroatoms. The molecule has 2 aliphatic rings. The molecule has 19 heavy (non-hydrogen) atoms. The van der Waals surface area contributed by atoms with Gasteiger partial charge in [0.2, 0.25) is 5.91 Å². The van der Waals surface area contributed by atoms with Gasteiger partial charge in [-0.05, 0) is 45.2 Å². The third-order valence-corrected chi connectivity index (χ3v) is 4.13. The molecule has 0 aromatic carbocycles. The summed E-state index contributed by atoms with van der Waals surface area (Å²) in [6.45, 7) is 4.72. The lowest BCUT2D eigenvalue weighted by Crippen LogP contribution is -2.47. The highest BCUT2D eigenvalue weighted by Gasteiger charge is 2.20. The average Bonchev–Trinajstić information content (AvgIpc) is 2.46. The van der Waals surface area contributed by atoms with Crippen molar-refractivity contribution < 1.29 is 9.90 Å². The molecular weight excluding hydrogens is 242 g/mol. The van der Waals surface area contributed by atoms with Gasteiger partial charge in [-0.2, -0.15) is 0 Å². The Morgan fingerprint density at radius 3 is 2.74 bits per heavy atom. The van der Waals surface area contributed by atoms with Crippen molar-refractivity contribution in [2.24, 2.45) is 0 Å². The summed E-state index contributed by atoms with van der Waals surface area (Å²) in [4.78, 5) is 14.2. The monoisotopic (exact) mass is 269 g/mol. The Kier molecular flexibility index (Phi) is 6.07. The number of aliphatic hydroxyl groups excluding tert-OH is 1. The number of rotatable bonds is 5. The highest BCUT2D eigenvalue weighted by atomic mass is 16.3. The van der Waals surface area contributed by atoms with Crippen LogP contribution in [0.3, 0.4) is 0 Å². The van der Waals surface area contributed by atoms with Crippen molar-refractivity contribution >= 4 is 5.91 Å². The fourth-order valence-corrected chi connectivity index (χ4v) is 2.86. The van der Waals surface area contributed by atoms with Gasteiger partial charge in [0.05, 0.1) is 12.1 Å². The first kappa shape index (κ1) is 14.8. The van der Waals surface area contributed by atoms with Gasteiger partial charge in [0.15, 0.2) is 0 Å². The summed E-state index contributed by atoms with van der Waals surface area (Å²) in [6.07, 6.45) is 5.97. The van der Waals surface area contributed by atoms with Crippen LogP contribution in [-0.2, 0) is 4.79 Å². The molecule has 0 radical (unpaired) electrons. The second-order valence-electron chi connectivity index (χ2n) is 5.72. The lowest BCUT2D eigenvalue weighted by molar-refractivity contribution is -0.123. The zero-order chi connectivity index (χ0) is 13.5. The lowest BCUT2D eigenvalue weighted by Gasteiger charge is -2.29. The Morgan fingerprint density at radius 1 is 1.26 bits per heavy atom. The number of hydrogen-bond acceptors (Lipinski definition) is 4. The number of nitrogens with one attached hydrogen (secondary N) is 2. The van der Waals surface area contributed by atoms with E-state index in [0.717, 1.165) is 64.8 Å². The molecule has 5 nitrogen and oxygen atoms in total. The SMILES string of the molecule is O=C(NCCCN1CCC(O)CC1)C1CCCCN1. The highest BCUT2D eigenvalue weighted by Crippen LogP contribution is 2.10. The number of amides is 1. The fourth-order valence-electron chi connectivity index (χ4n) is 2.86. The van der Waals surface area contributed by atoms with E-state index in [1.54, 1.807) is 0 Å². The Hall–Kier alpha value is -0.650. The maximum Gasteiger partial charge on any atom is 0.237 e. The van der Waals surface area contributed by atoms with Gasteiger partial charge in [0.1, 0.15) is 0 Å². The van der Waals surface area contributed by atoms with Gasteiger partial charge in [-0.15, -0.1) is 0 Å². The number of hydrogen-bond donors (Lipinski definition) is 3. The topological polar surface area (TPSA) is 64.6 Å². The predicted molar refractivity (Wildman–Crippen MR) is 74.9 cm³/mol. The van der Waals surface area contributed by atoms with E-state index < -0.39 is 0 Å². The first-order valence-electron chi connectivity index (χ1n) is 7.67. The van der Waals surface area contributed by atoms with E-state index in [1.807, 2.05) is 0 Å². The quantitative estimate of drug-likeness (QED) is 0.619. The molecule has 2 saturated heterocycles. The Bertz CT molecular complexity index is 272. The van der Waals surface area contributed by atoms with Crippen LogP contribution in [-0.4, -0.2) is 60.8 Å². The van der Waals surface area contributed by atoms with Crippen LogP contribution in [0.25, 0.3) is 0 Å². The second-order valence-corrected chi connectivity index (χ2v) is 5.72. The van der Waals surface area contributed by atoms with Crippen molar-refractivity contribution in [1.29, 1.82) is 0 Å². The van der Waals surface area contributed by atoms with Crippen molar-refractivity contribution in [2.75, 3.05) is 32.7 Å². The highest BCUT2D eigenvalue weighted by molar-refractivity contribution is 5.81. The van der Waals surface area contributed by atoms with Gasteiger partial charge in [-0.3, -0.25) is 4.79 Å². The number of carbonyl (C=O) groups is 1. The summed E-state index contributed by atoms with van der Waals surface area (Å²) in [6, 6.07) is 0.0267. The molecule has 110 valence electrons. The Labute approximate surface area is 115 Å². The molecule has 1 amide bonds. The second kappa shape index (κ2) is 7.82. The summed E-state index contributed by atoms with van der Waals surface area (Å²) in [7, 11) is 0. The summed E-state index contributed by atoms with van der Waals surface area (Å²) >= 11 is 0. The van der Waals surface area contributed by atoms with Gasteiger partial charge in [-0.25, -0.2) is 0 Å². The predicted octanol–water partition coefficient (Wildman–Crippen LogP) is 0.0915. The van der Waals surface area contributed by atoms with E-state index >= 15 is 0 Å². The van der Waals surface area contributed by atoms with Crippen LogP contribution in [0.1, 0.15) is 38.5 Å². The first-order valence-corrected chi connectivity index (χ1v) is 7.67. The molecule has 0 aromatic rings. The molecule has 2 rings (SSSR count). The van der Waals surface area contributed by atoms with E-state index in [2.05, 4.69) is 15.5 Å². The zero-order valence-electron chi connectivity index (χ0n) is 11.7. The molecule has 2 aliphatic heterocycles. The summed E-state index contributed by atoms with van der Waals surface area (Å²) in [5.41, 5.74) is 0. The van der Waals surface area contributed by atoms with E-state index in [1.165, 1.54) is 6.42 Å². The molecule has 3 N–H and O–H groups in total. The first-order chi connectivity index (χ1) is 9.25. The molecule has 1 unspecified atom stereocenters. The maximum atomic E-state index is 11.9. The van der Waals surface area contributed by atoms with Crippen molar-refractivity contribution in [3.8, 4) is 0 Å². The van der Waals surface area contributed by atoms with E-state index in [4.69, 9.17) is 0 Å². The average molecular weight is 269 g/mol. The van der Waals surface area contributed by atoms with Crippen LogP contribution < -0.4 is 10.6 Å². The number of nitrogens with zero attached hydrogens (tertiary/aromatic N) is 1. The molecule has 0 saturated carbocycles. The molecule has 1 atom stereocenters. The summed E-state index contributed by atoms with van der Waals surface area (Å²) in [5, 5.41) is 15.7. The zero-order valence-corrected chi connectivity index (χ0v) is 11.7. The van der Waals surface area contributed by atoms with Crippen molar-refractivity contribution in [3.05, 3.63) is 0 Å². The Morgan fingerprint density at radius 2 is 2.05 bits per heavy atom. The molecule has 0 aliphatic carbocycles. The van der Waals surface area contributed by atoms with Gasteiger partial charge in [-0.1, -0.05) is 6.42 Å². The minimum Gasteiger partial charge on any atom is -0.393 e. The summed E-state index contributed by atoms with van der Waals surface area (Å²) < 4.78 is 0. The molecule has 2 heterocycles. The standard InChI is InChI=1S/C14H27N3O2/c18-12-5-10-17(11-6-12)9-3-8-16-14(19)13-4-1-2-7-15-13/h12-13,15,18H,1-11H2,(H,16,19). The molecule has 0 aromatic heterocycles. The van der Waals surface area contributed by atoms with Crippen LogP contribution in [0, 0.1) is 0 Å². The largest absolute Gasteiger partial charge is 0.393 e. The Balaban J connectivity index is 1.52. The number of aliphatic hydroxyl groups is 1. The van der Waals surface area contributed by atoms with E-state index in [-0.39, 0.29) is 18.1 Å². The number of carbonyl (C=O) groups excluding carboxylic acids is 1. The minimum atomic E-state index is -0.103. The van der Waals surface area contributed by atoms with Gasteiger partial charge in [0.25, 0.3) is 0 Å². The van der Waals surface area contributed by atoms with Crippen LogP contribution in [0.4, 0.5) is 0 Å². The maximum absolute atomic E-state index is 11.9. The van der Waals surface area contributed by atoms with Crippen LogP contribution in [0.2, 0.25) is 0 Å². The molecule has 0 spiro atoms.